The molecular weight excluding hydrogens is 349 g/mol. The van der Waals surface area contributed by atoms with Gasteiger partial charge in [0.25, 0.3) is 0 Å². The first kappa shape index (κ1) is 17.3. The number of halogens is 2. The molecule has 21 heavy (non-hydrogen) atoms. The van der Waals surface area contributed by atoms with E-state index < -0.39 is 0 Å². The summed E-state index contributed by atoms with van der Waals surface area (Å²) in [5.74, 6) is 3.29. The lowest BCUT2D eigenvalue weighted by atomic mass is 9.91. The summed E-state index contributed by atoms with van der Waals surface area (Å²) in [6, 6.07) is 5.82. The summed E-state index contributed by atoms with van der Waals surface area (Å²) in [6.45, 7) is 3.20. The van der Waals surface area contributed by atoms with Gasteiger partial charge in [-0.05, 0) is 73.8 Å². The summed E-state index contributed by atoms with van der Waals surface area (Å²) in [4.78, 5) is 0. The molecule has 1 unspecified atom stereocenters. The fourth-order valence-electron chi connectivity index (χ4n) is 2.92. The maximum atomic E-state index is 14.1. The fourth-order valence-corrected chi connectivity index (χ4v) is 4.46. The third kappa shape index (κ3) is 5.91. The molecule has 1 fully saturated rings. The van der Waals surface area contributed by atoms with E-state index in [-0.39, 0.29) is 5.82 Å². The number of hydrogen-bond acceptors (Lipinski definition) is 2. The summed E-state index contributed by atoms with van der Waals surface area (Å²) in [5, 5.41) is 3.62. The minimum absolute atomic E-state index is 0.0909. The van der Waals surface area contributed by atoms with Crippen LogP contribution in [0.15, 0.2) is 22.7 Å². The molecular formula is C17H25BrFNS. The van der Waals surface area contributed by atoms with E-state index in [0.717, 1.165) is 35.3 Å². The van der Waals surface area contributed by atoms with Crippen LogP contribution >= 0.6 is 27.7 Å². The van der Waals surface area contributed by atoms with Crippen molar-refractivity contribution in [3.8, 4) is 0 Å². The molecule has 4 heteroatoms. The maximum Gasteiger partial charge on any atom is 0.127 e. The van der Waals surface area contributed by atoms with Gasteiger partial charge in [-0.25, -0.2) is 4.39 Å². The Bertz CT molecular complexity index is 435. The van der Waals surface area contributed by atoms with Gasteiger partial charge in [-0.2, -0.15) is 11.8 Å². The lowest BCUT2D eigenvalue weighted by molar-refractivity contribution is 0.360. The molecule has 1 aliphatic rings. The van der Waals surface area contributed by atoms with Gasteiger partial charge in [0.2, 0.25) is 0 Å². The predicted octanol–water partition coefficient (Wildman–Crippen LogP) is 5.03. The van der Waals surface area contributed by atoms with Crippen molar-refractivity contribution in [1.82, 2.24) is 5.32 Å². The van der Waals surface area contributed by atoms with Crippen LogP contribution < -0.4 is 5.32 Å². The summed E-state index contributed by atoms with van der Waals surface area (Å²) in [7, 11) is 0. The van der Waals surface area contributed by atoms with Gasteiger partial charge in [-0.3, -0.25) is 0 Å². The van der Waals surface area contributed by atoms with Crippen LogP contribution in [0, 0.1) is 11.7 Å². The average molecular weight is 374 g/mol. The van der Waals surface area contributed by atoms with Crippen molar-refractivity contribution in [3.05, 3.63) is 34.1 Å². The number of hydrogen-bond donors (Lipinski definition) is 1. The Labute approximate surface area is 140 Å². The normalized spacial score (nSPS) is 17.9. The topological polar surface area (TPSA) is 12.0 Å². The molecule has 0 radical (unpaired) electrons. The van der Waals surface area contributed by atoms with Gasteiger partial charge in [-0.1, -0.05) is 28.9 Å². The second-order valence-corrected chi connectivity index (χ2v) is 8.02. The SMILES string of the molecule is CCCNC(Cc1ccc(Br)cc1F)CC1CCSCC1. The molecule has 0 bridgehead atoms. The second kappa shape index (κ2) is 9.16. The molecule has 1 saturated heterocycles. The molecule has 1 N–H and O–H groups in total. The molecule has 0 saturated carbocycles. The Morgan fingerprint density at radius 3 is 2.81 bits per heavy atom. The van der Waals surface area contributed by atoms with E-state index >= 15 is 0 Å². The first-order valence-electron chi connectivity index (χ1n) is 7.94. The van der Waals surface area contributed by atoms with E-state index in [1.165, 1.54) is 30.8 Å². The second-order valence-electron chi connectivity index (χ2n) is 5.88. The largest absolute Gasteiger partial charge is 0.314 e. The molecule has 1 aliphatic heterocycles. The van der Waals surface area contributed by atoms with Crippen molar-refractivity contribution in [2.24, 2.45) is 5.92 Å². The number of nitrogens with one attached hydrogen (secondary N) is 1. The third-order valence-corrected chi connectivity index (χ3v) is 5.67. The number of benzene rings is 1. The Balaban J connectivity index is 1.97. The fraction of sp³-hybridized carbons (Fsp3) is 0.647. The third-order valence-electron chi connectivity index (χ3n) is 4.12. The van der Waals surface area contributed by atoms with E-state index in [1.54, 1.807) is 6.07 Å². The van der Waals surface area contributed by atoms with Crippen LogP contribution in [-0.4, -0.2) is 24.1 Å². The van der Waals surface area contributed by atoms with Crippen molar-refractivity contribution in [2.45, 2.75) is 45.1 Å². The monoisotopic (exact) mass is 373 g/mol. The summed E-state index contributed by atoms with van der Waals surface area (Å²) >= 11 is 5.39. The molecule has 1 aromatic carbocycles. The highest BCUT2D eigenvalue weighted by Crippen LogP contribution is 2.27. The zero-order valence-electron chi connectivity index (χ0n) is 12.7. The van der Waals surface area contributed by atoms with Crippen molar-refractivity contribution in [1.29, 1.82) is 0 Å². The van der Waals surface area contributed by atoms with E-state index in [4.69, 9.17) is 0 Å². The van der Waals surface area contributed by atoms with E-state index in [2.05, 4.69) is 39.9 Å². The minimum atomic E-state index is -0.0909. The summed E-state index contributed by atoms with van der Waals surface area (Å²) in [5.41, 5.74) is 0.831. The van der Waals surface area contributed by atoms with Gasteiger partial charge in [0.05, 0.1) is 0 Å². The van der Waals surface area contributed by atoms with Crippen molar-refractivity contribution >= 4 is 27.7 Å². The smallest absolute Gasteiger partial charge is 0.127 e. The first-order valence-corrected chi connectivity index (χ1v) is 9.89. The maximum absolute atomic E-state index is 14.1. The zero-order chi connectivity index (χ0) is 15.1. The molecule has 1 atom stereocenters. The zero-order valence-corrected chi connectivity index (χ0v) is 15.1. The summed E-state index contributed by atoms with van der Waals surface area (Å²) < 4.78 is 14.9. The lowest BCUT2D eigenvalue weighted by Crippen LogP contribution is -2.34. The molecule has 0 aromatic heterocycles. The number of thioether (sulfide) groups is 1. The van der Waals surface area contributed by atoms with Crippen LogP contribution in [0.2, 0.25) is 0 Å². The van der Waals surface area contributed by atoms with Crippen LogP contribution in [0.4, 0.5) is 4.39 Å². The van der Waals surface area contributed by atoms with Crippen LogP contribution in [-0.2, 0) is 6.42 Å². The molecule has 0 spiro atoms. The predicted molar refractivity (Wildman–Crippen MR) is 94.6 cm³/mol. The molecule has 1 nitrogen and oxygen atoms in total. The number of rotatable bonds is 7. The van der Waals surface area contributed by atoms with Crippen molar-refractivity contribution < 1.29 is 4.39 Å². The van der Waals surface area contributed by atoms with E-state index in [0.29, 0.717) is 6.04 Å². The van der Waals surface area contributed by atoms with Crippen molar-refractivity contribution in [2.75, 3.05) is 18.1 Å². The molecule has 2 rings (SSSR count). The lowest BCUT2D eigenvalue weighted by Gasteiger charge is -2.27. The van der Waals surface area contributed by atoms with Gasteiger partial charge in [0.15, 0.2) is 0 Å². The van der Waals surface area contributed by atoms with Crippen LogP contribution in [0.3, 0.4) is 0 Å². The quantitative estimate of drug-likeness (QED) is 0.718. The molecule has 0 aliphatic carbocycles. The highest BCUT2D eigenvalue weighted by atomic mass is 79.9. The first-order chi connectivity index (χ1) is 10.2. The molecule has 0 amide bonds. The van der Waals surface area contributed by atoms with E-state index in [1.807, 2.05) is 12.1 Å². The Kier molecular flexibility index (Phi) is 7.55. The van der Waals surface area contributed by atoms with Crippen molar-refractivity contribution in [3.63, 3.8) is 0 Å². The van der Waals surface area contributed by atoms with Gasteiger partial charge in [-0.15, -0.1) is 0 Å². The van der Waals surface area contributed by atoms with Gasteiger partial charge in [0, 0.05) is 10.5 Å². The van der Waals surface area contributed by atoms with Crippen LogP contribution in [0.5, 0.6) is 0 Å². The van der Waals surface area contributed by atoms with Gasteiger partial charge < -0.3 is 5.32 Å². The molecule has 1 aromatic rings. The van der Waals surface area contributed by atoms with Crippen LogP contribution in [0.25, 0.3) is 0 Å². The van der Waals surface area contributed by atoms with E-state index in [9.17, 15) is 4.39 Å². The average Bonchev–Trinajstić information content (AvgIpc) is 2.48. The highest BCUT2D eigenvalue weighted by Gasteiger charge is 2.20. The Morgan fingerprint density at radius 1 is 1.38 bits per heavy atom. The Morgan fingerprint density at radius 2 is 2.14 bits per heavy atom. The van der Waals surface area contributed by atoms with Gasteiger partial charge >= 0.3 is 0 Å². The summed E-state index contributed by atoms with van der Waals surface area (Å²) in [6.07, 6.45) is 5.73. The van der Waals surface area contributed by atoms with Gasteiger partial charge in [0.1, 0.15) is 5.82 Å². The standard InChI is InChI=1S/C17H25BrFNS/c1-2-7-20-16(10-13-5-8-21-9-6-13)11-14-3-4-15(18)12-17(14)19/h3-4,12-13,16,20H,2,5-11H2,1H3. The van der Waals surface area contributed by atoms with Crippen LogP contribution in [0.1, 0.15) is 38.2 Å². The molecule has 1 heterocycles. The molecule has 118 valence electrons. The Hall–Kier alpha value is -0.0600. The highest BCUT2D eigenvalue weighted by molar-refractivity contribution is 9.10. The minimum Gasteiger partial charge on any atom is -0.314 e.